The van der Waals surface area contributed by atoms with Crippen molar-refractivity contribution in [1.29, 1.82) is 0 Å². The zero-order valence-electron chi connectivity index (χ0n) is 10.0. The fourth-order valence-corrected chi connectivity index (χ4v) is 2.06. The van der Waals surface area contributed by atoms with Crippen LogP contribution >= 0.6 is 0 Å². The molecule has 1 heterocycles. The van der Waals surface area contributed by atoms with Crippen molar-refractivity contribution in [3.05, 3.63) is 29.8 Å². The summed E-state index contributed by atoms with van der Waals surface area (Å²) >= 11 is 0. The number of carbonyl (C=O) groups is 1. The average Bonchev–Trinajstić information content (AvgIpc) is 2.29. The molecule has 4 nitrogen and oxygen atoms in total. The summed E-state index contributed by atoms with van der Waals surface area (Å²) in [7, 11) is 0. The van der Waals surface area contributed by atoms with Gasteiger partial charge in [0, 0.05) is 18.8 Å². The van der Waals surface area contributed by atoms with Crippen LogP contribution in [0.5, 0.6) is 0 Å². The van der Waals surface area contributed by atoms with E-state index in [-0.39, 0.29) is 12.1 Å². The topological polar surface area (TPSA) is 52.6 Å². The van der Waals surface area contributed by atoms with Crippen LogP contribution in [0.2, 0.25) is 0 Å². The van der Waals surface area contributed by atoms with Gasteiger partial charge in [0.05, 0.1) is 6.10 Å². The molecule has 1 aliphatic heterocycles. The van der Waals surface area contributed by atoms with E-state index in [9.17, 15) is 9.90 Å². The smallest absolute Gasteiger partial charge is 0.321 e. The number of aliphatic hydroxyl groups is 1. The molecule has 2 amide bonds. The normalized spacial score (nSPS) is 20.1. The largest absolute Gasteiger partial charge is 0.391 e. The van der Waals surface area contributed by atoms with Gasteiger partial charge in [-0.2, -0.15) is 0 Å². The lowest BCUT2D eigenvalue weighted by Crippen LogP contribution is -2.44. The minimum atomic E-state index is -0.382. The van der Waals surface area contributed by atoms with E-state index in [4.69, 9.17) is 0 Å². The van der Waals surface area contributed by atoms with Crippen molar-refractivity contribution in [2.24, 2.45) is 0 Å². The van der Waals surface area contributed by atoms with E-state index in [1.165, 1.54) is 0 Å². The average molecular weight is 234 g/mol. The maximum Gasteiger partial charge on any atom is 0.321 e. The number of β-amino-alcohol motifs (C(OH)–C–C–N with tert-alkyl or cyclic N) is 1. The number of nitrogens with zero attached hydrogens (tertiary/aromatic N) is 1. The van der Waals surface area contributed by atoms with Gasteiger partial charge in [-0.1, -0.05) is 12.1 Å². The van der Waals surface area contributed by atoms with Crippen LogP contribution < -0.4 is 5.32 Å². The van der Waals surface area contributed by atoms with Crippen LogP contribution in [0, 0.1) is 6.92 Å². The maximum absolute atomic E-state index is 11.9. The third-order valence-corrected chi connectivity index (χ3v) is 2.95. The number of carbonyl (C=O) groups excluding carboxylic acids is 1. The summed E-state index contributed by atoms with van der Waals surface area (Å²) in [5.41, 5.74) is 1.91. The lowest BCUT2D eigenvalue weighted by atomic mass is 10.1. The molecular weight excluding hydrogens is 216 g/mol. The molecular formula is C13H18N2O2. The van der Waals surface area contributed by atoms with Gasteiger partial charge >= 0.3 is 6.03 Å². The Morgan fingerprint density at radius 3 is 3.06 bits per heavy atom. The lowest BCUT2D eigenvalue weighted by molar-refractivity contribution is 0.0883. The SMILES string of the molecule is Cc1cccc(NC(=O)N2CCCC(O)C2)c1. The predicted octanol–water partition coefficient (Wildman–Crippen LogP) is 1.98. The number of benzene rings is 1. The molecule has 0 radical (unpaired) electrons. The van der Waals surface area contributed by atoms with Crippen LogP contribution in [0.25, 0.3) is 0 Å². The summed E-state index contributed by atoms with van der Waals surface area (Å²) in [5, 5.41) is 12.4. The molecule has 0 saturated carbocycles. The van der Waals surface area contributed by atoms with Crippen molar-refractivity contribution in [2.45, 2.75) is 25.9 Å². The van der Waals surface area contributed by atoms with Crippen molar-refractivity contribution in [3.63, 3.8) is 0 Å². The first kappa shape index (κ1) is 11.9. The third-order valence-electron chi connectivity index (χ3n) is 2.95. The highest BCUT2D eigenvalue weighted by molar-refractivity contribution is 5.89. The van der Waals surface area contributed by atoms with Gasteiger partial charge in [-0.05, 0) is 37.5 Å². The van der Waals surface area contributed by atoms with E-state index in [2.05, 4.69) is 5.32 Å². The number of aliphatic hydroxyl groups excluding tert-OH is 1. The van der Waals surface area contributed by atoms with Gasteiger partial charge in [0.15, 0.2) is 0 Å². The Bertz CT molecular complexity index is 406. The van der Waals surface area contributed by atoms with Crippen LogP contribution in [0.15, 0.2) is 24.3 Å². The van der Waals surface area contributed by atoms with Crippen LogP contribution in [0.3, 0.4) is 0 Å². The second-order valence-corrected chi connectivity index (χ2v) is 4.54. The van der Waals surface area contributed by atoms with E-state index in [0.717, 1.165) is 24.1 Å². The van der Waals surface area contributed by atoms with Crippen molar-refractivity contribution >= 4 is 11.7 Å². The Hall–Kier alpha value is -1.55. The molecule has 92 valence electrons. The Balaban J connectivity index is 1.96. The van der Waals surface area contributed by atoms with Crippen LogP contribution in [-0.4, -0.2) is 35.2 Å². The molecule has 0 aromatic heterocycles. The van der Waals surface area contributed by atoms with Gasteiger partial charge in [-0.25, -0.2) is 4.79 Å². The predicted molar refractivity (Wildman–Crippen MR) is 67.0 cm³/mol. The van der Waals surface area contributed by atoms with Crippen LogP contribution in [0.4, 0.5) is 10.5 Å². The third kappa shape index (κ3) is 3.20. The Morgan fingerprint density at radius 1 is 1.53 bits per heavy atom. The molecule has 1 unspecified atom stereocenters. The molecule has 0 aliphatic carbocycles. The molecule has 1 atom stereocenters. The zero-order chi connectivity index (χ0) is 12.3. The summed E-state index contributed by atoms with van der Waals surface area (Å²) < 4.78 is 0. The van der Waals surface area contributed by atoms with Gasteiger partial charge in [0.1, 0.15) is 0 Å². The molecule has 4 heteroatoms. The zero-order valence-corrected chi connectivity index (χ0v) is 10.0. The van der Waals surface area contributed by atoms with E-state index in [0.29, 0.717) is 13.1 Å². The highest BCUT2D eigenvalue weighted by Crippen LogP contribution is 2.14. The molecule has 17 heavy (non-hydrogen) atoms. The first-order valence-electron chi connectivity index (χ1n) is 5.96. The lowest BCUT2D eigenvalue weighted by Gasteiger charge is -2.30. The van der Waals surface area contributed by atoms with Gasteiger partial charge in [-0.3, -0.25) is 0 Å². The summed E-state index contributed by atoms with van der Waals surface area (Å²) in [6, 6.07) is 7.56. The van der Waals surface area contributed by atoms with Crippen LogP contribution in [0.1, 0.15) is 18.4 Å². The summed E-state index contributed by atoms with van der Waals surface area (Å²) in [4.78, 5) is 13.6. The molecule has 1 fully saturated rings. The first-order chi connectivity index (χ1) is 8.15. The number of anilines is 1. The molecule has 2 N–H and O–H groups in total. The van der Waals surface area contributed by atoms with Gasteiger partial charge < -0.3 is 15.3 Å². The number of amides is 2. The van der Waals surface area contributed by atoms with Crippen molar-refractivity contribution in [3.8, 4) is 0 Å². The fraction of sp³-hybridized carbons (Fsp3) is 0.462. The minimum Gasteiger partial charge on any atom is -0.391 e. The highest BCUT2D eigenvalue weighted by Gasteiger charge is 2.21. The molecule has 2 rings (SSSR count). The van der Waals surface area contributed by atoms with Gasteiger partial charge in [0.2, 0.25) is 0 Å². The Morgan fingerprint density at radius 2 is 2.35 bits per heavy atom. The maximum atomic E-state index is 11.9. The van der Waals surface area contributed by atoms with E-state index < -0.39 is 0 Å². The van der Waals surface area contributed by atoms with Crippen molar-refractivity contribution in [2.75, 3.05) is 18.4 Å². The number of aryl methyl sites for hydroxylation is 1. The van der Waals surface area contributed by atoms with E-state index in [1.807, 2.05) is 31.2 Å². The van der Waals surface area contributed by atoms with E-state index >= 15 is 0 Å². The van der Waals surface area contributed by atoms with Crippen LogP contribution in [-0.2, 0) is 0 Å². The Kier molecular flexibility index (Phi) is 3.64. The number of hydrogen-bond acceptors (Lipinski definition) is 2. The molecule has 1 aliphatic rings. The second kappa shape index (κ2) is 5.19. The summed E-state index contributed by atoms with van der Waals surface area (Å²) in [6.45, 7) is 3.13. The van der Waals surface area contributed by atoms with Gasteiger partial charge in [0.25, 0.3) is 0 Å². The summed E-state index contributed by atoms with van der Waals surface area (Å²) in [6.07, 6.45) is 1.27. The number of urea groups is 1. The number of likely N-dealkylation sites (tertiary alicyclic amines) is 1. The molecule has 1 saturated heterocycles. The first-order valence-corrected chi connectivity index (χ1v) is 5.96. The number of rotatable bonds is 1. The second-order valence-electron chi connectivity index (χ2n) is 4.54. The fourth-order valence-electron chi connectivity index (χ4n) is 2.06. The summed E-state index contributed by atoms with van der Waals surface area (Å²) in [5.74, 6) is 0. The minimum absolute atomic E-state index is 0.130. The van der Waals surface area contributed by atoms with Crippen molar-refractivity contribution in [1.82, 2.24) is 4.90 Å². The molecule has 1 aromatic carbocycles. The number of piperidine rings is 1. The molecule has 0 spiro atoms. The quantitative estimate of drug-likeness (QED) is 0.780. The standard InChI is InChI=1S/C13H18N2O2/c1-10-4-2-5-11(8-10)14-13(17)15-7-3-6-12(16)9-15/h2,4-5,8,12,16H,3,6-7,9H2,1H3,(H,14,17). The monoisotopic (exact) mass is 234 g/mol. The number of nitrogens with one attached hydrogen (secondary N) is 1. The molecule has 0 bridgehead atoms. The van der Waals surface area contributed by atoms with E-state index in [1.54, 1.807) is 4.90 Å². The van der Waals surface area contributed by atoms with Crippen molar-refractivity contribution < 1.29 is 9.90 Å². The van der Waals surface area contributed by atoms with Gasteiger partial charge in [-0.15, -0.1) is 0 Å². The highest BCUT2D eigenvalue weighted by atomic mass is 16.3. The Labute approximate surface area is 101 Å². The number of hydrogen-bond donors (Lipinski definition) is 2. The molecule has 1 aromatic rings.